The lowest BCUT2D eigenvalue weighted by Gasteiger charge is -2.25. The molecule has 38 heavy (non-hydrogen) atoms. The molecule has 2 heterocycles. The maximum absolute atomic E-state index is 13.0. The first-order valence-corrected chi connectivity index (χ1v) is 13.4. The first-order chi connectivity index (χ1) is 18.1. The number of ether oxygens (including phenoxy) is 1. The predicted molar refractivity (Wildman–Crippen MR) is 141 cm³/mol. The number of rotatable bonds is 9. The summed E-state index contributed by atoms with van der Waals surface area (Å²) in [5, 5.41) is 19.2. The van der Waals surface area contributed by atoms with E-state index in [-0.39, 0.29) is 43.8 Å². The van der Waals surface area contributed by atoms with Crippen molar-refractivity contribution >= 4 is 23.6 Å². The van der Waals surface area contributed by atoms with Gasteiger partial charge < -0.3 is 35.6 Å². The molecular weight excluding hydrogens is 490 g/mol. The molecule has 210 valence electrons. The van der Waals surface area contributed by atoms with Crippen molar-refractivity contribution in [3.8, 4) is 5.75 Å². The fraction of sp³-hybridized carbons (Fsp3) is 0.630. The second-order valence-electron chi connectivity index (χ2n) is 10.3. The summed E-state index contributed by atoms with van der Waals surface area (Å²) in [5.74, 6) is -0.738. The summed E-state index contributed by atoms with van der Waals surface area (Å²) in [5.41, 5.74) is 0.779. The van der Waals surface area contributed by atoms with Crippen LogP contribution in [-0.2, 0) is 25.6 Å². The summed E-state index contributed by atoms with van der Waals surface area (Å²) >= 11 is 0. The third-order valence-corrected chi connectivity index (χ3v) is 6.79. The molecule has 4 N–H and O–H groups in total. The molecule has 0 saturated carbocycles. The average Bonchev–Trinajstić information content (AvgIpc) is 3.41. The summed E-state index contributed by atoms with van der Waals surface area (Å²) < 4.78 is 5.63. The van der Waals surface area contributed by atoms with E-state index in [1.165, 1.54) is 4.90 Å². The van der Waals surface area contributed by atoms with Crippen LogP contribution in [0.1, 0.15) is 45.6 Å². The third-order valence-electron chi connectivity index (χ3n) is 6.79. The van der Waals surface area contributed by atoms with Crippen molar-refractivity contribution in [2.45, 2.75) is 70.7 Å². The molecule has 3 rings (SSSR count). The summed E-state index contributed by atoms with van der Waals surface area (Å²) in [6.45, 7) is 7.72. The minimum Gasteiger partial charge on any atom is -0.484 e. The summed E-state index contributed by atoms with van der Waals surface area (Å²) in [6, 6.07) is 5.67. The first-order valence-electron chi connectivity index (χ1n) is 13.4. The highest BCUT2D eigenvalue weighted by molar-refractivity contribution is 5.91. The van der Waals surface area contributed by atoms with Crippen molar-refractivity contribution in [3.05, 3.63) is 29.8 Å². The number of carbonyl (C=O) groups excluding carboxylic acids is 4. The number of aliphatic hydroxyl groups is 1. The Hall–Kier alpha value is -3.18. The van der Waals surface area contributed by atoms with Crippen LogP contribution in [0.25, 0.3) is 0 Å². The van der Waals surface area contributed by atoms with Crippen LogP contribution >= 0.6 is 0 Å². The molecule has 2 aliphatic heterocycles. The van der Waals surface area contributed by atoms with E-state index in [2.05, 4.69) is 16.0 Å². The van der Waals surface area contributed by atoms with Gasteiger partial charge in [0.2, 0.25) is 17.7 Å². The minimum atomic E-state index is -1.08. The molecule has 0 radical (unpaired) electrons. The molecule has 11 nitrogen and oxygen atoms in total. The molecule has 11 heteroatoms. The van der Waals surface area contributed by atoms with E-state index >= 15 is 0 Å². The Bertz CT molecular complexity index is 963. The molecule has 0 unspecified atom stereocenters. The van der Waals surface area contributed by atoms with Gasteiger partial charge in [-0.05, 0) is 37.5 Å². The molecule has 0 aliphatic carbocycles. The smallest absolute Gasteiger partial charge is 0.260 e. The number of nitrogens with one attached hydrogen (secondary N) is 3. The predicted octanol–water partition coefficient (Wildman–Crippen LogP) is -0.189. The van der Waals surface area contributed by atoms with Crippen LogP contribution in [0, 0.1) is 0 Å². The van der Waals surface area contributed by atoms with Gasteiger partial charge in [0, 0.05) is 38.6 Å². The Labute approximate surface area is 224 Å². The molecule has 1 aromatic rings. The van der Waals surface area contributed by atoms with Crippen molar-refractivity contribution < 1.29 is 29.0 Å². The normalized spacial score (nSPS) is 23.2. The zero-order valence-corrected chi connectivity index (χ0v) is 22.6. The lowest BCUT2D eigenvalue weighted by Crippen LogP contribution is -2.53. The van der Waals surface area contributed by atoms with Crippen LogP contribution in [0.3, 0.4) is 0 Å². The molecule has 0 spiro atoms. The van der Waals surface area contributed by atoms with E-state index in [0.717, 1.165) is 31.5 Å². The monoisotopic (exact) mass is 531 g/mol. The Kier molecular flexibility index (Phi) is 10.9. The van der Waals surface area contributed by atoms with Crippen molar-refractivity contribution in [1.29, 1.82) is 0 Å². The number of likely N-dealkylation sites (tertiary alicyclic amines) is 1. The van der Waals surface area contributed by atoms with E-state index in [0.29, 0.717) is 18.8 Å². The lowest BCUT2D eigenvalue weighted by atomic mass is 10.0. The number of aliphatic hydroxyl groups excluding tert-OH is 1. The van der Waals surface area contributed by atoms with E-state index in [1.807, 2.05) is 13.8 Å². The quantitative estimate of drug-likeness (QED) is 0.346. The average molecular weight is 532 g/mol. The van der Waals surface area contributed by atoms with Gasteiger partial charge in [0.1, 0.15) is 11.8 Å². The lowest BCUT2D eigenvalue weighted by molar-refractivity contribution is -0.137. The molecule has 2 aliphatic rings. The van der Waals surface area contributed by atoms with Crippen LogP contribution in [0.4, 0.5) is 0 Å². The van der Waals surface area contributed by atoms with Gasteiger partial charge in [-0.15, -0.1) is 0 Å². The van der Waals surface area contributed by atoms with Gasteiger partial charge in [-0.25, -0.2) is 0 Å². The molecular formula is C27H41N5O6. The molecule has 0 bridgehead atoms. The largest absolute Gasteiger partial charge is 0.484 e. The van der Waals surface area contributed by atoms with E-state index in [9.17, 15) is 24.3 Å². The molecule has 4 amide bonds. The second kappa shape index (κ2) is 14.1. The molecule has 0 aromatic heterocycles. The summed E-state index contributed by atoms with van der Waals surface area (Å²) in [6.07, 6.45) is 0.972. The third kappa shape index (κ3) is 8.98. The van der Waals surface area contributed by atoms with Crippen molar-refractivity contribution in [2.24, 2.45) is 0 Å². The summed E-state index contributed by atoms with van der Waals surface area (Å²) in [4.78, 5) is 54.1. The van der Waals surface area contributed by atoms with Gasteiger partial charge in [0.25, 0.3) is 5.91 Å². The van der Waals surface area contributed by atoms with Gasteiger partial charge in [-0.1, -0.05) is 26.0 Å². The van der Waals surface area contributed by atoms with Crippen LogP contribution in [0.15, 0.2) is 24.3 Å². The second-order valence-corrected chi connectivity index (χ2v) is 10.3. The number of amides is 4. The van der Waals surface area contributed by atoms with Crippen LogP contribution < -0.4 is 20.7 Å². The Balaban J connectivity index is 1.64. The minimum absolute atomic E-state index is 0.0252. The maximum Gasteiger partial charge on any atom is 0.260 e. The molecule has 2 fully saturated rings. The Morgan fingerprint density at radius 2 is 1.82 bits per heavy atom. The SMILES string of the molecule is CC(C)NCCN1CC(=O)N[C@@H](Cc2ccc(OCC(=O)N3CCCC3)cc2)C(=O)N[C@@H](C)[C@@H](O)CC1=O. The van der Waals surface area contributed by atoms with Crippen LogP contribution in [-0.4, -0.2) is 102 Å². The zero-order chi connectivity index (χ0) is 27.7. The summed E-state index contributed by atoms with van der Waals surface area (Å²) in [7, 11) is 0. The fourth-order valence-electron chi connectivity index (χ4n) is 4.47. The van der Waals surface area contributed by atoms with Crippen molar-refractivity contribution in [2.75, 3.05) is 39.3 Å². The standard InChI is InChI=1S/C27H41N5O6/c1-18(2)28-10-13-32-16-24(34)30-22(27(37)29-19(3)23(33)15-25(32)35)14-20-6-8-21(9-7-20)38-17-26(36)31-11-4-5-12-31/h6-9,18-19,22-23,28,33H,4-5,10-17H2,1-3H3,(H,29,37)(H,30,34)/t19-,22-,23-/m0/s1. The van der Waals surface area contributed by atoms with Crippen LogP contribution in [0.2, 0.25) is 0 Å². The molecule has 3 atom stereocenters. The van der Waals surface area contributed by atoms with Gasteiger partial charge in [-0.2, -0.15) is 0 Å². The highest BCUT2D eigenvalue weighted by Gasteiger charge is 2.30. The van der Waals surface area contributed by atoms with Gasteiger partial charge in [0.15, 0.2) is 6.61 Å². The van der Waals surface area contributed by atoms with Crippen molar-refractivity contribution in [1.82, 2.24) is 25.8 Å². The highest BCUT2D eigenvalue weighted by atomic mass is 16.5. The first kappa shape index (κ1) is 29.4. The maximum atomic E-state index is 13.0. The van der Waals surface area contributed by atoms with Gasteiger partial charge in [-0.3, -0.25) is 19.2 Å². The fourth-order valence-corrected chi connectivity index (χ4v) is 4.47. The number of carbonyl (C=O) groups is 4. The van der Waals surface area contributed by atoms with E-state index in [1.54, 1.807) is 36.1 Å². The van der Waals surface area contributed by atoms with Crippen LogP contribution in [0.5, 0.6) is 5.75 Å². The zero-order valence-electron chi connectivity index (χ0n) is 22.6. The Morgan fingerprint density at radius 3 is 2.47 bits per heavy atom. The number of benzene rings is 1. The topological polar surface area (TPSA) is 140 Å². The number of nitrogens with zero attached hydrogens (tertiary/aromatic N) is 2. The van der Waals surface area contributed by atoms with Gasteiger partial charge in [0.05, 0.1) is 25.1 Å². The highest BCUT2D eigenvalue weighted by Crippen LogP contribution is 2.15. The Morgan fingerprint density at radius 1 is 1.13 bits per heavy atom. The van der Waals surface area contributed by atoms with Gasteiger partial charge >= 0.3 is 0 Å². The van der Waals surface area contributed by atoms with E-state index in [4.69, 9.17) is 4.74 Å². The van der Waals surface area contributed by atoms with E-state index < -0.39 is 30.0 Å². The number of hydrogen-bond acceptors (Lipinski definition) is 7. The molecule has 1 aromatic carbocycles. The number of hydrogen-bond donors (Lipinski definition) is 4. The van der Waals surface area contributed by atoms with Crippen molar-refractivity contribution in [3.63, 3.8) is 0 Å². The molecule has 2 saturated heterocycles.